The summed E-state index contributed by atoms with van der Waals surface area (Å²) in [5, 5.41) is 4.81. The first-order valence-corrected chi connectivity index (χ1v) is 26.5. The standard InChI is InChI=1S/C72H52N6/c1-49-42-58(77-68-30-17-15-28-64(68)66-47-60(34-38-70(66)77)75(54-20-7-3-8-21-54)55-22-9-4-10-23-55)32-36-62(49)51-44-52(46-53(45-51)72-73-40-19-41-74-72)63-37-33-59(43-50(63)2)78-69-31-18-16-29-65(69)67-48-61(35-39-71(67)78)76(56-24-11-5-12-25-56)57-26-13-6-14-27-57/h3-48H,1-2H3. The van der Waals surface area contributed by atoms with E-state index in [0.717, 1.165) is 95.4 Å². The quantitative estimate of drug-likeness (QED) is 0.129. The third kappa shape index (κ3) is 8.15. The number of hydrogen-bond acceptors (Lipinski definition) is 4. The summed E-state index contributed by atoms with van der Waals surface area (Å²) in [5.74, 6) is 0.689. The van der Waals surface area contributed by atoms with Crippen molar-refractivity contribution in [2.24, 2.45) is 0 Å². The molecule has 14 aromatic rings. The SMILES string of the molecule is Cc1cc(-n2c3ccccc3c3cc(N(c4ccccc4)c4ccccc4)ccc32)ccc1-c1cc(-c2ncccn2)cc(-c2ccc(-n3c4ccccc4c4cc(N(c5ccccc5)c5ccccc5)ccc43)cc2C)c1. The van der Waals surface area contributed by atoms with Gasteiger partial charge in [-0.1, -0.05) is 121 Å². The third-order valence-electron chi connectivity index (χ3n) is 15.2. The molecule has 0 saturated carbocycles. The number of anilines is 6. The molecule has 78 heavy (non-hydrogen) atoms. The van der Waals surface area contributed by atoms with Gasteiger partial charge in [-0.3, -0.25) is 0 Å². The fraction of sp³-hybridized carbons (Fsp3) is 0.0278. The van der Waals surface area contributed by atoms with E-state index in [0.29, 0.717) is 5.82 Å². The van der Waals surface area contributed by atoms with Gasteiger partial charge in [0.15, 0.2) is 5.82 Å². The van der Waals surface area contributed by atoms with Gasteiger partial charge in [-0.15, -0.1) is 0 Å². The van der Waals surface area contributed by atoms with Crippen molar-refractivity contribution in [3.05, 3.63) is 290 Å². The van der Waals surface area contributed by atoms with Gasteiger partial charge < -0.3 is 18.9 Å². The van der Waals surface area contributed by atoms with E-state index in [1.807, 2.05) is 18.5 Å². The molecule has 0 aliphatic carbocycles. The Labute approximate surface area is 453 Å². The van der Waals surface area contributed by atoms with Crippen LogP contribution >= 0.6 is 0 Å². The molecule has 0 N–H and O–H groups in total. The van der Waals surface area contributed by atoms with Crippen LogP contribution in [0.3, 0.4) is 0 Å². The molecule has 0 unspecified atom stereocenters. The number of para-hydroxylation sites is 6. The lowest BCUT2D eigenvalue weighted by Gasteiger charge is -2.25. The normalized spacial score (nSPS) is 11.5. The van der Waals surface area contributed by atoms with E-state index in [1.165, 1.54) is 32.7 Å². The predicted molar refractivity (Wildman–Crippen MR) is 326 cm³/mol. The van der Waals surface area contributed by atoms with Crippen LogP contribution in [0.15, 0.2) is 279 Å². The number of nitrogens with zero attached hydrogens (tertiary/aromatic N) is 6. The molecule has 370 valence electrons. The Morgan fingerprint density at radius 1 is 0.282 bits per heavy atom. The molecule has 0 saturated heterocycles. The van der Waals surface area contributed by atoms with Crippen molar-refractivity contribution >= 4 is 77.7 Å². The maximum atomic E-state index is 4.75. The fourth-order valence-corrected chi connectivity index (χ4v) is 11.7. The van der Waals surface area contributed by atoms with Crippen LogP contribution in [0.2, 0.25) is 0 Å². The molecule has 11 aromatic carbocycles. The van der Waals surface area contributed by atoms with Crippen LogP contribution in [0, 0.1) is 13.8 Å². The minimum atomic E-state index is 0.689. The Bertz CT molecular complexity index is 4160. The molecule has 0 atom stereocenters. The molecule has 0 aliphatic rings. The van der Waals surface area contributed by atoms with Crippen LogP contribution in [0.1, 0.15) is 11.1 Å². The van der Waals surface area contributed by atoms with Crippen molar-refractivity contribution < 1.29 is 0 Å². The van der Waals surface area contributed by atoms with Gasteiger partial charge in [-0.2, -0.15) is 0 Å². The van der Waals surface area contributed by atoms with E-state index in [2.05, 4.69) is 294 Å². The average Bonchev–Trinajstić information content (AvgIpc) is 4.25. The lowest BCUT2D eigenvalue weighted by atomic mass is 9.92. The molecule has 14 rings (SSSR count). The van der Waals surface area contributed by atoms with Crippen molar-refractivity contribution in [3.8, 4) is 45.0 Å². The Kier molecular flexibility index (Phi) is 11.5. The Balaban J connectivity index is 0.849. The zero-order valence-corrected chi connectivity index (χ0v) is 43.2. The summed E-state index contributed by atoms with van der Waals surface area (Å²) in [6, 6.07) is 96.1. The second kappa shape index (κ2) is 19.4. The van der Waals surface area contributed by atoms with Crippen LogP contribution in [-0.2, 0) is 0 Å². The number of aromatic nitrogens is 4. The molecular formula is C72H52N6. The molecular weight excluding hydrogens is 949 g/mol. The monoisotopic (exact) mass is 1000 g/mol. The molecule has 0 amide bonds. The maximum Gasteiger partial charge on any atom is 0.159 e. The number of hydrogen-bond donors (Lipinski definition) is 0. The topological polar surface area (TPSA) is 42.1 Å². The van der Waals surface area contributed by atoms with E-state index < -0.39 is 0 Å². The van der Waals surface area contributed by atoms with Crippen LogP contribution < -0.4 is 9.80 Å². The summed E-state index contributed by atoms with van der Waals surface area (Å²) in [6.07, 6.45) is 3.64. The van der Waals surface area contributed by atoms with Crippen molar-refractivity contribution in [2.45, 2.75) is 13.8 Å². The molecule has 6 nitrogen and oxygen atoms in total. The highest BCUT2D eigenvalue weighted by atomic mass is 15.1. The van der Waals surface area contributed by atoms with Gasteiger partial charge >= 0.3 is 0 Å². The van der Waals surface area contributed by atoms with E-state index in [4.69, 9.17) is 9.97 Å². The third-order valence-corrected chi connectivity index (χ3v) is 15.2. The molecule has 3 heterocycles. The van der Waals surface area contributed by atoms with Crippen LogP contribution in [-0.4, -0.2) is 19.1 Å². The largest absolute Gasteiger partial charge is 0.310 e. The minimum absolute atomic E-state index is 0.689. The van der Waals surface area contributed by atoms with Gasteiger partial charge in [0.2, 0.25) is 0 Å². The average molecular weight is 1000 g/mol. The number of aryl methyl sites for hydroxylation is 2. The molecule has 0 bridgehead atoms. The van der Waals surface area contributed by atoms with E-state index in [-0.39, 0.29) is 0 Å². The smallest absolute Gasteiger partial charge is 0.159 e. The second-order valence-electron chi connectivity index (χ2n) is 20.0. The highest BCUT2D eigenvalue weighted by Gasteiger charge is 2.21. The molecule has 0 fully saturated rings. The van der Waals surface area contributed by atoms with Crippen molar-refractivity contribution in [3.63, 3.8) is 0 Å². The Morgan fingerprint density at radius 2 is 0.641 bits per heavy atom. The van der Waals surface area contributed by atoms with Crippen LogP contribution in [0.4, 0.5) is 34.1 Å². The number of fused-ring (bicyclic) bond motifs is 6. The highest BCUT2D eigenvalue weighted by molar-refractivity contribution is 6.12. The molecule has 3 aromatic heterocycles. The summed E-state index contributed by atoms with van der Waals surface area (Å²) < 4.78 is 4.82. The fourth-order valence-electron chi connectivity index (χ4n) is 11.7. The van der Waals surface area contributed by atoms with Crippen molar-refractivity contribution in [1.82, 2.24) is 19.1 Å². The number of rotatable bonds is 11. The van der Waals surface area contributed by atoms with Crippen LogP contribution in [0.25, 0.3) is 88.6 Å². The predicted octanol–water partition coefficient (Wildman–Crippen LogP) is 19.2. The first-order valence-electron chi connectivity index (χ1n) is 26.5. The summed E-state index contributed by atoms with van der Waals surface area (Å²) in [4.78, 5) is 14.2. The van der Waals surface area contributed by atoms with E-state index in [1.54, 1.807) is 0 Å². The molecule has 0 aliphatic heterocycles. The van der Waals surface area contributed by atoms with E-state index in [9.17, 15) is 0 Å². The zero-order chi connectivity index (χ0) is 52.1. The van der Waals surface area contributed by atoms with Gasteiger partial charge in [0.25, 0.3) is 0 Å². The van der Waals surface area contributed by atoms with Crippen molar-refractivity contribution in [1.29, 1.82) is 0 Å². The number of benzene rings is 11. The maximum absolute atomic E-state index is 4.75. The summed E-state index contributed by atoms with van der Waals surface area (Å²) in [7, 11) is 0. The van der Waals surface area contributed by atoms with Gasteiger partial charge in [0.05, 0.1) is 22.1 Å². The van der Waals surface area contributed by atoms with Gasteiger partial charge in [0, 0.05) is 85.0 Å². The van der Waals surface area contributed by atoms with Crippen LogP contribution in [0.5, 0.6) is 0 Å². The lowest BCUT2D eigenvalue weighted by Crippen LogP contribution is -2.09. The summed E-state index contributed by atoms with van der Waals surface area (Å²) in [6.45, 7) is 4.45. The van der Waals surface area contributed by atoms with E-state index >= 15 is 0 Å². The molecule has 0 radical (unpaired) electrons. The highest BCUT2D eigenvalue weighted by Crippen LogP contribution is 2.43. The van der Waals surface area contributed by atoms with Gasteiger partial charge in [-0.05, 0) is 193 Å². The molecule has 6 heteroatoms. The Morgan fingerprint density at radius 3 is 1.04 bits per heavy atom. The Hall–Kier alpha value is -10.3. The van der Waals surface area contributed by atoms with Crippen molar-refractivity contribution in [2.75, 3.05) is 9.80 Å². The first-order chi connectivity index (χ1) is 38.5. The lowest BCUT2D eigenvalue weighted by molar-refractivity contribution is 1.17. The summed E-state index contributed by atoms with van der Waals surface area (Å²) >= 11 is 0. The molecule has 0 spiro atoms. The van der Waals surface area contributed by atoms with Gasteiger partial charge in [-0.25, -0.2) is 9.97 Å². The summed E-state index contributed by atoms with van der Waals surface area (Å²) in [5.41, 5.74) is 21.3. The first kappa shape index (κ1) is 46.2. The van der Waals surface area contributed by atoms with Gasteiger partial charge in [0.1, 0.15) is 0 Å². The second-order valence-corrected chi connectivity index (χ2v) is 20.0. The minimum Gasteiger partial charge on any atom is -0.310 e. The zero-order valence-electron chi connectivity index (χ0n) is 43.2.